The lowest BCUT2D eigenvalue weighted by molar-refractivity contribution is -0.870. The van der Waals surface area contributed by atoms with Crippen LogP contribution in [0, 0.1) is 0 Å². The third-order valence-corrected chi connectivity index (χ3v) is 13.6. The first-order valence-corrected chi connectivity index (χ1v) is 33.6. The standard InChI is InChI=1S/C74H116NO8P/c1-6-8-10-12-14-16-18-20-22-24-26-28-30-32-34-36-37-39-41-43-45-47-49-51-53-55-57-59-61-63-65-67-74(77)83-72(71-82-84(78,79)81-69-68-75(3,4)5)70-80-73(76)66-64-62-60-58-56-54-52-50-48-46-44-42-40-38-35-33-31-29-27-25-23-21-19-17-15-13-11-9-7-2/h8-11,14-17,20-23,26-29,32-35,37,39-40,42-43,45-46,48-49,51-52,54,72H,6-7,12-13,18-19,24-25,30-31,36,38,41,44,47,50,53,55-71H2,1-5H3/b10-8-,11-9-,16-14-,17-15-,22-20-,23-21-,28-26-,29-27-,34-32-,35-33-,39-37-,42-40-,45-43-,48-46-,51-49-,54-52-. The van der Waals surface area contributed by atoms with Gasteiger partial charge in [-0.1, -0.05) is 247 Å². The van der Waals surface area contributed by atoms with Crippen LogP contribution in [0.25, 0.3) is 0 Å². The summed E-state index contributed by atoms with van der Waals surface area (Å²) in [5.74, 6) is -0.898. The first-order valence-electron chi connectivity index (χ1n) is 32.1. The number of phosphoric acid groups is 1. The predicted octanol–water partition coefficient (Wildman–Crippen LogP) is 20.3. The third-order valence-electron chi connectivity index (χ3n) is 12.6. The number of allylic oxidation sites excluding steroid dienone is 32. The number of esters is 2. The molecule has 0 amide bonds. The van der Waals surface area contributed by atoms with Crippen LogP contribution in [-0.4, -0.2) is 70.0 Å². The monoisotopic (exact) mass is 1180 g/mol. The highest BCUT2D eigenvalue weighted by Gasteiger charge is 2.22. The maximum absolute atomic E-state index is 12.8. The minimum absolute atomic E-state index is 0.0508. The summed E-state index contributed by atoms with van der Waals surface area (Å²) in [5.41, 5.74) is 0. The molecule has 0 N–H and O–H groups in total. The average Bonchev–Trinajstić information content (AvgIpc) is 3.61. The minimum Gasteiger partial charge on any atom is -0.756 e. The molecule has 10 heteroatoms. The molecule has 0 rings (SSSR count). The molecule has 84 heavy (non-hydrogen) atoms. The Morgan fingerprint density at radius 3 is 0.952 bits per heavy atom. The summed E-state index contributed by atoms with van der Waals surface area (Å²) in [6.45, 7) is 3.93. The van der Waals surface area contributed by atoms with Gasteiger partial charge in [0.15, 0.2) is 6.10 Å². The van der Waals surface area contributed by atoms with Gasteiger partial charge >= 0.3 is 11.9 Å². The van der Waals surface area contributed by atoms with Crippen molar-refractivity contribution >= 4 is 19.8 Å². The van der Waals surface area contributed by atoms with Crippen LogP contribution in [-0.2, 0) is 32.7 Å². The number of likely N-dealkylation sites (N-methyl/N-ethyl adjacent to an activating group) is 1. The third kappa shape index (κ3) is 66.0. The van der Waals surface area contributed by atoms with Crippen LogP contribution in [0.15, 0.2) is 194 Å². The smallest absolute Gasteiger partial charge is 0.306 e. The quantitative estimate of drug-likeness (QED) is 0.0195. The summed E-state index contributed by atoms with van der Waals surface area (Å²) in [6, 6.07) is 0. The van der Waals surface area contributed by atoms with Gasteiger partial charge in [0.25, 0.3) is 7.82 Å². The molecule has 0 bridgehead atoms. The molecule has 0 aromatic rings. The van der Waals surface area contributed by atoms with E-state index in [2.05, 4.69) is 208 Å². The SMILES string of the molecule is CC/C=C\C/C=C\C/C=C\C/C=C\C/C=C\C/C=C\C/C=C\C/C=C\CCCCCCCCC(=O)OC(COC(=O)CCCCCC/C=C\C/C=C\C/C=C\C/C=C\C/C=C\C/C=C\C/C=C\C/C=C\CC)COP(=O)([O-])OCC[N+](C)(C)C. The van der Waals surface area contributed by atoms with Crippen LogP contribution in [0.1, 0.15) is 206 Å². The number of carbonyl (C=O) groups excluding carboxylic acids is 2. The first-order chi connectivity index (χ1) is 41.0. The molecule has 0 aliphatic heterocycles. The molecule has 0 heterocycles. The second kappa shape index (κ2) is 62.4. The van der Waals surface area contributed by atoms with Crippen LogP contribution in [0.2, 0.25) is 0 Å². The van der Waals surface area contributed by atoms with Crippen molar-refractivity contribution in [1.82, 2.24) is 0 Å². The van der Waals surface area contributed by atoms with E-state index in [0.717, 1.165) is 167 Å². The van der Waals surface area contributed by atoms with Gasteiger partial charge in [0.1, 0.15) is 19.8 Å². The number of hydrogen-bond donors (Lipinski definition) is 0. The fourth-order valence-electron chi connectivity index (χ4n) is 7.74. The topological polar surface area (TPSA) is 111 Å². The molecular weight excluding hydrogens is 1060 g/mol. The van der Waals surface area contributed by atoms with E-state index in [0.29, 0.717) is 23.9 Å². The maximum atomic E-state index is 12.8. The molecule has 0 aromatic heterocycles. The minimum atomic E-state index is -4.67. The molecule has 0 saturated carbocycles. The zero-order valence-corrected chi connectivity index (χ0v) is 54.1. The van der Waals surface area contributed by atoms with Crippen molar-refractivity contribution in [3.05, 3.63) is 194 Å². The molecule has 0 radical (unpaired) electrons. The summed E-state index contributed by atoms with van der Waals surface area (Å²) >= 11 is 0. The Hall–Kier alpha value is -5.15. The Balaban J connectivity index is 4.29. The number of hydrogen-bond acceptors (Lipinski definition) is 8. The zero-order valence-electron chi connectivity index (χ0n) is 53.3. The number of quaternary nitrogens is 1. The van der Waals surface area contributed by atoms with E-state index in [4.69, 9.17) is 18.5 Å². The number of nitrogens with zero attached hydrogens (tertiary/aromatic N) is 1. The number of unbranched alkanes of at least 4 members (excludes halogenated alkanes) is 10. The highest BCUT2D eigenvalue weighted by Crippen LogP contribution is 2.38. The van der Waals surface area contributed by atoms with Gasteiger partial charge < -0.3 is 27.9 Å². The Bertz CT molecular complexity index is 2120. The molecule has 470 valence electrons. The summed E-state index contributed by atoms with van der Waals surface area (Å²) in [5, 5.41) is 0. The molecule has 0 aliphatic rings. The number of carbonyl (C=O) groups is 2. The van der Waals surface area contributed by atoms with E-state index in [1.807, 2.05) is 21.1 Å². The van der Waals surface area contributed by atoms with E-state index in [-0.39, 0.29) is 26.1 Å². The van der Waals surface area contributed by atoms with Gasteiger partial charge in [0.05, 0.1) is 27.7 Å². The van der Waals surface area contributed by atoms with E-state index < -0.39 is 32.5 Å². The zero-order chi connectivity index (χ0) is 61.2. The van der Waals surface area contributed by atoms with Gasteiger partial charge in [-0.2, -0.15) is 0 Å². The highest BCUT2D eigenvalue weighted by atomic mass is 31.2. The molecular formula is C74H116NO8P. The van der Waals surface area contributed by atoms with Gasteiger partial charge in [-0.3, -0.25) is 14.2 Å². The molecule has 0 spiro atoms. The second-order valence-corrected chi connectivity index (χ2v) is 23.1. The van der Waals surface area contributed by atoms with Gasteiger partial charge in [-0.05, 0) is 141 Å². The van der Waals surface area contributed by atoms with Gasteiger partial charge in [-0.15, -0.1) is 0 Å². The lowest BCUT2D eigenvalue weighted by atomic mass is 10.1. The predicted molar refractivity (Wildman–Crippen MR) is 359 cm³/mol. The van der Waals surface area contributed by atoms with E-state index in [1.165, 1.54) is 0 Å². The lowest BCUT2D eigenvalue weighted by Gasteiger charge is -2.28. The molecule has 0 aromatic carbocycles. The van der Waals surface area contributed by atoms with E-state index in [9.17, 15) is 19.0 Å². The Morgan fingerprint density at radius 2 is 0.643 bits per heavy atom. The van der Waals surface area contributed by atoms with Crippen molar-refractivity contribution in [1.29, 1.82) is 0 Å². The van der Waals surface area contributed by atoms with E-state index >= 15 is 0 Å². The molecule has 2 unspecified atom stereocenters. The fraction of sp³-hybridized carbons (Fsp3) is 0.541. The van der Waals surface area contributed by atoms with Crippen molar-refractivity contribution in [3.63, 3.8) is 0 Å². The molecule has 0 fully saturated rings. The van der Waals surface area contributed by atoms with E-state index in [1.54, 1.807) is 0 Å². The lowest BCUT2D eigenvalue weighted by Crippen LogP contribution is -2.37. The second-order valence-electron chi connectivity index (χ2n) is 21.7. The Morgan fingerprint density at radius 1 is 0.369 bits per heavy atom. The number of phosphoric ester groups is 1. The van der Waals surface area contributed by atoms with Crippen molar-refractivity contribution in [2.24, 2.45) is 0 Å². The molecule has 9 nitrogen and oxygen atoms in total. The molecule has 2 atom stereocenters. The van der Waals surface area contributed by atoms with Crippen molar-refractivity contribution in [2.75, 3.05) is 47.5 Å². The van der Waals surface area contributed by atoms with Crippen LogP contribution in [0.5, 0.6) is 0 Å². The van der Waals surface area contributed by atoms with Crippen LogP contribution in [0.3, 0.4) is 0 Å². The summed E-state index contributed by atoms with van der Waals surface area (Å²) in [6.07, 6.45) is 97.7. The van der Waals surface area contributed by atoms with Crippen LogP contribution < -0.4 is 4.89 Å². The maximum Gasteiger partial charge on any atom is 0.306 e. The van der Waals surface area contributed by atoms with Crippen molar-refractivity contribution in [3.8, 4) is 0 Å². The molecule has 0 aliphatic carbocycles. The van der Waals surface area contributed by atoms with Crippen LogP contribution >= 0.6 is 7.82 Å². The largest absolute Gasteiger partial charge is 0.756 e. The van der Waals surface area contributed by atoms with Gasteiger partial charge in [0.2, 0.25) is 0 Å². The van der Waals surface area contributed by atoms with Gasteiger partial charge in [0, 0.05) is 12.8 Å². The fourth-order valence-corrected chi connectivity index (χ4v) is 8.47. The van der Waals surface area contributed by atoms with Crippen molar-refractivity contribution < 1.29 is 42.1 Å². The summed E-state index contributed by atoms with van der Waals surface area (Å²) in [7, 11) is 1.11. The van der Waals surface area contributed by atoms with Crippen molar-refractivity contribution in [2.45, 2.75) is 213 Å². The van der Waals surface area contributed by atoms with Gasteiger partial charge in [-0.25, -0.2) is 0 Å². The number of rotatable bonds is 56. The van der Waals surface area contributed by atoms with Crippen LogP contribution in [0.4, 0.5) is 0 Å². The summed E-state index contributed by atoms with van der Waals surface area (Å²) in [4.78, 5) is 38.0. The average molecular weight is 1180 g/mol. The Kier molecular flexibility index (Phi) is 58.6. The normalized spacial score (nSPS) is 14.5. The summed E-state index contributed by atoms with van der Waals surface area (Å²) < 4.78 is 34.2. The molecule has 0 saturated heterocycles. The first kappa shape index (κ1) is 78.8. The highest BCUT2D eigenvalue weighted by molar-refractivity contribution is 7.45. The number of ether oxygens (including phenoxy) is 2. The Labute approximate surface area is 513 Å².